The predicted molar refractivity (Wildman–Crippen MR) is 69.4 cm³/mol. The molecule has 0 spiro atoms. The third-order valence-corrected chi connectivity index (χ3v) is 2.44. The molecule has 6 heteroatoms. The summed E-state index contributed by atoms with van der Waals surface area (Å²) in [6.07, 6.45) is 1.79. The molecule has 1 unspecified atom stereocenters. The van der Waals surface area contributed by atoms with Crippen LogP contribution in [0.25, 0.3) is 0 Å². The Hall–Kier alpha value is -2.03. The van der Waals surface area contributed by atoms with Crippen LogP contribution in [0.15, 0.2) is 12.2 Å². The van der Waals surface area contributed by atoms with E-state index in [9.17, 15) is 9.59 Å². The molecule has 1 rings (SSSR count). The van der Waals surface area contributed by atoms with Gasteiger partial charge in [-0.25, -0.2) is 9.59 Å². The van der Waals surface area contributed by atoms with Crippen molar-refractivity contribution in [2.75, 3.05) is 13.1 Å². The van der Waals surface area contributed by atoms with Gasteiger partial charge in [0.1, 0.15) is 6.07 Å². The molecule has 6 nitrogen and oxygen atoms in total. The monoisotopic (exact) mass is 268 g/mol. The Labute approximate surface area is 113 Å². The molecule has 0 saturated carbocycles. The molecule has 1 saturated heterocycles. The first-order chi connectivity index (χ1) is 8.88. The Kier molecular flexibility index (Phi) is 8.02. The molecule has 106 valence electrons. The minimum absolute atomic E-state index is 0.307. The van der Waals surface area contributed by atoms with Gasteiger partial charge in [0.2, 0.25) is 0 Å². The van der Waals surface area contributed by atoms with Gasteiger partial charge < -0.3 is 14.7 Å². The highest BCUT2D eigenvalue weighted by Gasteiger charge is 2.13. The summed E-state index contributed by atoms with van der Waals surface area (Å²) < 4.78 is 4.56. The second-order valence-electron chi connectivity index (χ2n) is 4.29. The maximum absolute atomic E-state index is 10.6. The van der Waals surface area contributed by atoms with Crippen LogP contribution in [0.2, 0.25) is 0 Å². The van der Waals surface area contributed by atoms with E-state index in [1.807, 2.05) is 0 Å². The standard InChI is InChI=1S/C7H9NO2.C6H11NO2/c1-5(2)7(9)10-6(3)4-8;8-6(9)7-4-2-1-3-5-7/h6H,1H2,2-3H3;1-5H2,(H,8,9). The molecule has 1 atom stereocenters. The molecule has 0 aliphatic carbocycles. The Morgan fingerprint density at radius 3 is 2.21 bits per heavy atom. The molecule has 0 aromatic heterocycles. The van der Waals surface area contributed by atoms with Gasteiger partial charge in [-0.15, -0.1) is 0 Å². The van der Waals surface area contributed by atoms with Crippen LogP contribution in [-0.4, -0.2) is 41.3 Å². The number of carbonyl (C=O) groups is 2. The molecule has 1 amide bonds. The van der Waals surface area contributed by atoms with Gasteiger partial charge in [-0.05, 0) is 33.1 Å². The number of carbonyl (C=O) groups excluding carboxylic acids is 1. The van der Waals surface area contributed by atoms with E-state index in [0.29, 0.717) is 5.57 Å². The zero-order chi connectivity index (χ0) is 14.8. The van der Waals surface area contributed by atoms with E-state index in [4.69, 9.17) is 10.4 Å². The third-order valence-electron chi connectivity index (χ3n) is 2.44. The maximum atomic E-state index is 10.6. The van der Waals surface area contributed by atoms with Crippen LogP contribution >= 0.6 is 0 Å². The van der Waals surface area contributed by atoms with Gasteiger partial charge >= 0.3 is 12.1 Å². The van der Waals surface area contributed by atoms with Crippen molar-refractivity contribution < 1.29 is 19.4 Å². The predicted octanol–water partition coefficient (Wildman–Crippen LogP) is 2.17. The Morgan fingerprint density at radius 2 is 1.89 bits per heavy atom. The van der Waals surface area contributed by atoms with E-state index in [1.165, 1.54) is 25.2 Å². The summed E-state index contributed by atoms with van der Waals surface area (Å²) in [4.78, 5) is 22.4. The number of ether oxygens (including phenoxy) is 1. The lowest BCUT2D eigenvalue weighted by Gasteiger charge is -2.22. The Morgan fingerprint density at radius 1 is 1.37 bits per heavy atom. The highest BCUT2D eigenvalue weighted by molar-refractivity contribution is 5.87. The molecule has 0 radical (unpaired) electrons. The number of nitrogens with zero attached hydrogens (tertiary/aromatic N) is 2. The molecule has 0 aromatic carbocycles. The number of carboxylic acid groups (broad SMARTS) is 1. The van der Waals surface area contributed by atoms with E-state index in [-0.39, 0.29) is 0 Å². The van der Waals surface area contributed by atoms with Gasteiger partial charge in [0.05, 0.1) is 0 Å². The molecule has 1 heterocycles. The molecule has 1 aliphatic rings. The number of likely N-dealkylation sites (tertiary alicyclic amines) is 1. The van der Waals surface area contributed by atoms with Crippen LogP contribution in [0.3, 0.4) is 0 Å². The lowest BCUT2D eigenvalue weighted by atomic mass is 10.1. The number of rotatable bonds is 2. The number of hydrogen-bond donors (Lipinski definition) is 1. The summed E-state index contributed by atoms with van der Waals surface area (Å²) in [6, 6.07) is 1.77. The zero-order valence-corrected chi connectivity index (χ0v) is 11.4. The number of amides is 1. The molecular weight excluding hydrogens is 248 g/mol. The lowest BCUT2D eigenvalue weighted by Crippen LogP contribution is -2.34. The Bertz CT molecular complexity index is 367. The van der Waals surface area contributed by atoms with E-state index in [2.05, 4.69) is 11.3 Å². The molecule has 1 aliphatic heterocycles. The van der Waals surface area contributed by atoms with Crippen molar-refractivity contribution in [3.8, 4) is 6.07 Å². The van der Waals surface area contributed by atoms with Crippen LogP contribution in [-0.2, 0) is 9.53 Å². The summed E-state index contributed by atoms with van der Waals surface area (Å²) >= 11 is 0. The van der Waals surface area contributed by atoms with Gasteiger partial charge in [0.25, 0.3) is 0 Å². The zero-order valence-electron chi connectivity index (χ0n) is 11.4. The first-order valence-corrected chi connectivity index (χ1v) is 6.12. The van der Waals surface area contributed by atoms with Crippen LogP contribution in [0.1, 0.15) is 33.1 Å². The number of hydrogen-bond acceptors (Lipinski definition) is 4. The van der Waals surface area contributed by atoms with Crippen molar-refractivity contribution >= 4 is 12.1 Å². The van der Waals surface area contributed by atoms with Gasteiger partial charge in [-0.2, -0.15) is 5.26 Å². The van der Waals surface area contributed by atoms with E-state index < -0.39 is 18.2 Å². The number of piperidine rings is 1. The first kappa shape index (κ1) is 17.0. The van der Waals surface area contributed by atoms with Crippen molar-refractivity contribution in [2.45, 2.75) is 39.2 Å². The molecule has 1 fully saturated rings. The van der Waals surface area contributed by atoms with Crippen LogP contribution in [0.4, 0.5) is 4.79 Å². The lowest BCUT2D eigenvalue weighted by molar-refractivity contribution is -0.141. The van der Waals surface area contributed by atoms with Gasteiger partial charge in [-0.1, -0.05) is 6.58 Å². The number of nitriles is 1. The van der Waals surface area contributed by atoms with E-state index >= 15 is 0 Å². The van der Waals surface area contributed by atoms with Crippen molar-refractivity contribution in [2.24, 2.45) is 0 Å². The summed E-state index contributed by atoms with van der Waals surface area (Å²) in [5, 5.41) is 16.7. The topological polar surface area (TPSA) is 90.6 Å². The minimum atomic E-state index is -0.769. The first-order valence-electron chi connectivity index (χ1n) is 6.12. The van der Waals surface area contributed by atoms with Crippen molar-refractivity contribution in [3.05, 3.63) is 12.2 Å². The molecule has 1 N–H and O–H groups in total. The van der Waals surface area contributed by atoms with Gasteiger partial charge in [0, 0.05) is 18.7 Å². The Balaban J connectivity index is 0.000000342. The molecule has 0 bridgehead atoms. The number of esters is 1. The van der Waals surface area contributed by atoms with Crippen LogP contribution < -0.4 is 0 Å². The molecule has 0 aromatic rings. The van der Waals surface area contributed by atoms with Gasteiger partial charge in [-0.3, -0.25) is 0 Å². The van der Waals surface area contributed by atoms with E-state index in [1.54, 1.807) is 6.07 Å². The van der Waals surface area contributed by atoms with Crippen molar-refractivity contribution in [3.63, 3.8) is 0 Å². The average molecular weight is 268 g/mol. The quantitative estimate of drug-likeness (QED) is 0.612. The highest BCUT2D eigenvalue weighted by atomic mass is 16.5. The van der Waals surface area contributed by atoms with Crippen molar-refractivity contribution in [1.29, 1.82) is 5.26 Å². The third kappa shape index (κ3) is 7.82. The summed E-state index contributed by atoms with van der Waals surface area (Å²) in [6.45, 7) is 7.86. The fraction of sp³-hybridized carbons (Fsp3) is 0.615. The summed E-state index contributed by atoms with van der Waals surface area (Å²) in [5.41, 5.74) is 0.307. The highest BCUT2D eigenvalue weighted by Crippen LogP contribution is 2.07. The smallest absolute Gasteiger partial charge is 0.407 e. The molecule has 19 heavy (non-hydrogen) atoms. The maximum Gasteiger partial charge on any atom is 0.407 e. The molecular formula is C13H20N2O4. The largest absolute Gasteiger partial charge is 0.465 e. The normalized spacial score (nSPS) is 15.3. The van der Waals surface area contributed by atoms with Crippen LogP contribution in [0.5, 0.6) is 0 Å². The summed E-state index contributed by atoms with van der Waals surface area (Å²) in [5.74, 6) is -0.519. The fourth-order valence-electron chi connectivity index (χ4n) is 1.37. The second kappa shape index (κ2) is 8.97. The van der Waals surface area contributed by atoms with Crippen LogP contribution in [0, 0.1) is 11.3 Å². The SMILES string of the molecule is C=C(C)C(=O)OC(C)C#N.O=C(O)N1CCCCC1. The fourth-order valence-corrected chi connectivity index (χ4v) is 1.37. The van der Waals surface area contributed by atoms with Gasteiger partial charge in [0.15, 0.2) is 6.10 Å². The average Bonchev–Trinajstić information content (AvgIpc) is 2.40. The second-order valence-corrected chi connectivity index (χ2v) is 4.29. The van der Waals surface area contributed by atoms with Crippen molar-refractivity contribution in [1.82, 2.24) is 4.90 Å². The minimum Gasteiger partial charge on any atom is -0.465 e. The summed E-state index contributed by atoms with van der Waals surface area (Å²) in [7, 11) is 0. The van der Waals surface area contributed by atoms with E-state index in [0.717, 1.165) is 25.9 Å².